The van der Waals surface area contributed by atoms with Crippen LogP contribution < -0.4 is 5.43 Å². The maximum absolute atomic E-state index is 12.7. The minimum absolute atomic E-state index is 0.350. The average molecular weight is 473 g/mol. The highest BCUT2D eigenvalue weighted by Crippen LogP contribution is 2.24. The molecule has 0 saturated heterocycles. The summed E-state index contributed by atoms with van der Waals surface area (Å²) in [7, 11) is 0. The number of benzene rings is 2. The molecule has 2 aromatic carbocycles. The number of carbonyl (C=O) groups is 1. The fraction of sp³-hybridized carbons (Fsp3) is 0.214. The van der Waals surface area contributed by atoms with Crippen molar-refractivity contribution in [2.24, 2.45) is 5.10 Å². The van der Waals surface area contributed by atoms with Crippen molar-refractivity contribution in [3.05, 3.63) is 105 Å². The molecule has 1 N–H and O–H groups in total. The van der Waals surface area contributed by atoms with Crippen molar-refractivity contribution < 1.29 is 4.79 Å². The first-order chi connectivity index (χ1) is 16.2. The third-order valence-corrected chi connectivity index (χ3v) is 6.34. The molecule has 1 amide bonds. The molecule has 0 radical (unpaired) electrons. The van der Waals surface area contributed by atoms with Gasteiger partial charge in [-0.25, -0.2) is 5.43 Å². The van der Waals surface area contributed by atoms with E-state index in [9.17, 15) is 4.79 Å². The van der Waals surface area contributed by atoms with Crippen molar-refractivity contribution in [1.82, 2.24) is 14.6 Å². The lowest BCUT2D eigenvalue weighted by Crippen LogP contribution is -2.18. The van der Waals surface area contributed by atoms with Crippen LogP contribution in [-0.2, 0) is 0 Å². The molecule has 34 heavy (non-hydrogen) atoms. The second kappa shape index (κ2) is 9.35. The number of halogens is 1. The lowest BCUT2D eigenvalue weighted by atomic mass is 10.1. The van der Waals surface area contributed by atoms with Gasteiger partial charge in [-0.2, -0.15) is 5.10 Å². The Labute approximate surface area is 205 Å². The number of aromatic nitrogens is 2. The van der Waals surface area contributed by atoms with Crippen LogP contribution in [0.4, 0.5) is 0 Å². The fourth-order valence-electron chi connectivity index (χ4n) is 4.52. The molecule has 174 valence electrons. The first-order valence-corrected chi connectivity index (χ1v) is 11.6. The van der Waals surface area contributed by atoms with Crippen molar-refractivity contribution in [3.63, 3.8) is 0 Å². The first kappa shape index (κ1) is 23.6. The standard InChI is InChI=1S/C28H29ClN4O/c1-17-11-18(2)13-25(12-17)33-21(5)14-23(22(33)6)16-30-31-28(34)26-10-9-24(15-27(26)29)32-19(3)7-8-20(32)4/h7-16H,1-6H3,(H,31,34)/b30-16-. The van der Waals surface area contributed by atoms with E-state index >= 15 is 0 Å². The predicted octanol–water partition coefficient (Wildman–Crippen LogP) is 6.54. The van der Waals surface area contributed by atoms with Crippen molar-refractivity contribution in [3.8, 4) is 11.4 Å². The summed E-state index contributed by atoms with van der Waals surface area (Å²) < 4.78 is 4.29. The number of hydrazone groups is 1. The van der Waals surface area contributed by atoms with Gasteiger partial charge in [-0.05, 0) is 101 Å². The van der Waals surface area contributed by atoms with Gasteiger partial charge in [0.2, 0.25) is 0 Å². The van der Waals surface area contributed by atoms with E-state index in [1.54, 1.807) is 18.3 Å². The summed E-state index contributed by atoms with van der Waals surface area (Å²) in [4.78, 5) is 12.7. The minimum atomic E-state index is -0.350. The van der Waals surface area contributed by atoms with Crippen LogP contribution in [0.3, 0.4) is 0 Å². The van der Waals surface area contributed by atoms with Crippen LogP contribution in [0, 0.1) is 41.5 Å². The van der Waals surface area contributed by atoms with E-state index in [0.29, 0.717) is 10.6 Å². The first-order valence-electron chi connectivity index (χ1n) is 11.2. The van der Waals surface area contributed by atoms with Gasteiger partial charge in [0.05, 0.1) is 16.8 Å². The monoisotopic (exact) mass is 472 g/mol. The third kappa shape index (κ3) is 4.57. The number of aryl methyl sites for hydroxylation is 5. The molecule has 2 heterocycles. The van der Waals surface area contributed by atoms with E-state index in [0.717, 1.165) is 39.7 Å². The molecule has 0 aliphatic heterocycles. The zero-order valence-electron chi connectivity index (χ0n) is 20.4. The van der Waals surface area contributed by atoms with Crippen molar-refractivity contribution in [2.75, 3.05) is 0 Å². The number of amides is 1. The molecule has 4 aromatic rings. The van der Waals surface area contributed by atoms with Gasteiger partial charge in [0, 0.05) is 39.7 Å². The van der Waals surface area contributed by atoms with Crippen molar-refractivity contribution in [2.45, 2.75) is 41.5 Å². The zero-order chi connectivity index (χ0) is 24.6. The number of nitrogens with one attached hydrogen (secondary N) is 1. The lowest BCUT2D eigenvalue weighted by molar-refractivity contribution is 0.0955. The molecular formula is C28H29ClN4O. The molecule has 5 nitrogen and oxygen atoms in total. The van der Waals surface area contributed by atoms with Gasteiger partial charge in [-0.1, -0.05) is 17.7 Å². The van der Waals surface area contributed by atoms with Gasteiger partial charge >= 0.3 is 0 Å². The summed E-state index contributed by atoms with van der Waals surface area (Å²) in [6.07, 6.45) is 1.67. The lowest BCUT2D eigenvalue weighted by Gasteiger charge is -2.12. The van der Waals surface area contributed by atoms with Crippen LogP contribution >= 0.6 is 11.6 Å². The summed E-state index contributed by atoms with van der Waals surface area (Å²) in [6, 6.07) is 18.1. The number of rotatable bonds is 5. The van der Waals surface area contributed by atoms with E-state index in [1.165, 1.54) is 11.1 Å². The van der Waals surface area contributed by atoms with E-state index in [1.807, 2.05) is 19.9 Å². The molecular weight excluding hydrogens is 444 g/mol. The third-order valence-electron chi connectivity index (χ3n) is 6.03. The Morgan fingerprint density at radius 1 is 0.794 bits per heavy atom. The van der Waals surface area contributed by atoms with Crippen molar-refractivity contribution >= 4 is 23.7 Å². The maximum atomic E-state index is 12.7. The van der Waals surface area contributed by atoms with Crippen LogP contribution in [0.15, 0.2) is 59.7 Å². The molecule has 0 unspecified atom stereocenters. The Balaban J connectivity index is 1.53. The maximum Gasteiger partial charge on any atom is 0.272 e. The van der Waals surface area contributed by atoms with Gasteiger partial charge in [-0.15, -0.1) is 0 Å². The molecule has 0 bridgehead atoms. The number of hydrogen-bond donors (Lipinski definition) is 1. The minimum Gasteiger partial charge on any atom is -0.318 e. The van der Waals surface area contributed by atoms with Crippen LogP contribution in [-0.4, -0.2) is 21.3 Å². The smallest absolute Gasteiger partial charge is 0.272 e. The summed E-state index contributed by atoms with van der Waals surface area (Å²) in [5.41, 5.74) is 12.8. The normalized spacial score (nSPS) is 11.4. The topological polar surface area (TPSA) is 51.3 Å². The van der Waals surface area contributed by atoms with Crippen LogP contribution in [0.2, 0.25) is 5.02 Å². The number of hydrogen-bond acceptors (Lipinski definition) is 2. The SMILES string of the molecule is Cc1cc(C)cc(-n2c(C)cc(/C=N\NC(=O)c3ccc(-n4c(C)ccc4C)cc3Cl)c2C)c1. The van der Waals surface area contributed by atoms with Crippen LogP contribution in [0.25, 0.3) is 11.4 Å². The highest BCUT2D eigenvalue weighted by molar-refractivity contribution is 6.34. The average Bonchev–Trinajstić information content (AvgIpc) is 3.24. The highest BCUT2D eigenvalue weighted by Gasteiger charge is 2.13. The van der Waals surface area contributed by atoms with Gasteiger partial charge in [-0.3, -0.25) is 4.79 Å². The van der Waals surface area contributed by atoms with Crippen LogP contribution in [0.1, 0.15) is 49.8 Å². The molecule has 6 heteroatoms. The second-order valence-electron chi connectivity index (χ2n) is 8.82. The summed E-state index contributed by atoms with van der Waals surface area (Å²) in [5, 5.41) is 4.58. The Bertz CT molecular complexity index is 1380. The quantitative estimate of drug-likeness (QED) is 0.260. The molecule has 0 aliphatic carbocycles. The number of nitrogens with zero attached hydrogens (tertiary/aromatic N) is 3. The van der Waals surface area contributed by atoms with E-state index in [4.69, 9.17) is 11.6 Å². The zero-order valence-corrected chi connectivity index (χ0v) is 21.2. The Hall–Kier alpha value is -3.57. The highest BCUT2D eigenvalue weighted by atomic mass is 35.5. The van der Waals surface area contributed by atoms with E-state index in [2.05, 4.69) is 83.8 Å². The summed E-state index contributed by atoms with van der Waals surface area (Å²) in [6.45, 7) is 12.4. The molecule has 0 spiro atoms. The Kier molecular flexibility index (Phi) is 6.49. The van der Waals surface area contributed by atoms with Gasteiger partial charge in [0.25, 0.3) is 5.91 Å². The summed E-state index contributed by atoms with van der Waals surface area (Å²) >= 11 is 6.46. The molecule has 0 saturated carbocycles. The molecule has 0 aliphatic rings. The molecule has 2 aromatic heterocycles. The van der Waals surface area contributed by atoms with E-state index < -0.39 is 0 Å². The summed E-state index contributed by atoms with van der Waals surface area (Å²) in [5.74, 6) is -0.350. The van der Waals surface area contributed by atoms with Crippen LogP contribution in [0.5, 0.6) is 0 Å². The predicted molar refractivity (Wildman–Crippen MR) is 140 cm³/mol. The molecule has 0 atom stereocenters. The second-order valence-corrected chi connectivity index (χ2v) is 9.23. The Morgan fingerprint density at radius 3 is 2.06 bits per heavy atom. The fourth-order valence-corrected chi connectivity index (χ4v) is 4.78. The number of carbonyl (C=O) groups excluding carboxylic acids is 1. The van der Waals surface area contributed by atoms with Gasteiger partial charge in [0.15, 0.2) is 0 Å². The van der Waals surface area contributed by atoms with Crippen molar-refractivity contribution in [1.29, 1.82) is 0 Å². The molecule has 0 fully saturated rings. The van der Waals surface area contributed by atoms with E-state index in [-0.39, 0.29) is 5.91 Å². The van der Waals surface area contributed by atoms with Gasteiger partial charge in [0.1, 0.15) is 0 Å². The molecule has 4 rings (SSSR count). The largest absolute Gasteiger partial charge is 0.318 e. The Morgan fingerprint density at radius 2 is 1.44 bits per heavy atom. The van der Waals surface area contributed by atoms with Gasteiger partial charge < -0.3 is 9.13 Å².